The van der Waals surface area contributed by atoms with Gasteiger partial charge in [0.1, 0.15) is 17.5 Å². The van der Waals surface area contributed by atoms with Crippen LogP contribution in [0.4, 0.5) is 20.3 Å². The molecule has 0 aliphatic carbocycles. The molecule has 2 aromatic rings. The van der Waals surface area contributed by atoms with Crippen LogP contribution in [0, 0.1) is 11.6 Å². The van der Waals surface area contributed by atoms with Crippen LogP contribution in [-0.4, -0.2) is 87.2 Å². The Morgan fingerprint density at radius 3 is 2.41 bits per heavy atom. The third-order valence-corrected chi connectivity index (χ3v) is 6.13. The zero-order chi connectivity index (χ0) is 22.5. The molecule has 32 heavy (non-hydrogen) atoms. The highest BCUT2D eigenvalue weighted by Crippen LogP contribution is 2.22. The molecule has 1 N–H and O–H groups in total. The lowest BCUT2D eigenvalue weighted by Crippen LogP contribution is -2.52. The monoisotopic (exact) mass is 443 g/mol. The summed E-state index contributed by atoms with van der Waals surface area (Å²) in [5.74, 6) is 1.01. The number of halogens is 2. The Kier molecular flexibility index (Phi) is 7.04. The molecular weight excluding hydrogens is 412 g/mol. The smallest absolute Gasteiger partial charge is 0.194 e. The molecule has 0 unspecified atom stereocenters. The van der Waals surface area contributed by atoms with Crippen LogP contribution in [0.15, 0.2) is 41.5 Å². The zero-order valence-corrected chi connectivity index (χ0v) is 18.8. The van der Waals surface area contributed by atoms with Gasteiger partial charge >= 0.3 is 0 Å². The first-order valence-corrected chi connectivity index (χ1v) is 11.1. The molecule has 9 heteroatoms. The van der Waals surface area contributed by atoms with Gasteiger partial charge in [0.25, 0.3) is 0 Å². The summed E-state index contributed by atoms with van der Waals surface area (Å²) in [6.07, 6.45) is 1.86. The van der Waals surface area contributed by atoms with Crippen LogP contribution >= 0.6 is 0 Å². The highest BCUT2D eigenvalue weighted by atomic mass is 19.1. The van der Waals surface area contributed by atoms with E-state index in [1.165, 1.54) is 12.1 Å². The molecule has 0 atom stereocenters. The van der Waals surface area contributed by atoms with Crippen molar-refractivity contribution in [1.82, 2.24) is 20.1 Å². The summed E-state index contributed by atoms with van der Waals surface area (Å²) in [5.41, 5.74) is 1.47. The Hall–Kier alpha value is -2.94. The standard InChI is InChI=1S/C23H31F2N7/c1-26-23(32-13-11-30(12-14-32)21-16-19(24)3-4-20(21)25)28-17-18-5-6-27-22(15-18)31-9-7-29(2)8-10-31/h3-6,15-16H,7-14,17H2,1-2H3,(H,26,28). The third kappa shape index (κ3) is 5.27. The molecule has 2 saturated heterocycles. The number of aliphatic imine (C=N–C) groups is 1. The van der Waals surface area contributed by atoms with E-state index < -0.39 is 11.6 Å². The molecule has 1 aromatic heterocycles. The lowest BCUT2D eigenvalue weighted by molar-refractivity contribution is 0.312. The van der Waals surface area contributed by atoms with E-state index in [0.29, 0.717) is 38.4 Å². The molecule has 2 aliphatic rings. The summed E-state index contributed by atoms with van der Waals surface area (Å²) in [4.78, 5) is 17.7. The molecule has 2 aliphatic heterocycles. The van der Waals surface area contributed by atoms with Crippen molar-refractivity contribution in [3.05, 3.63) is 53.7 Å². The highest BCUT2D eigenvalue weighted by molar-refractivity contribution is 5.80. The van der Waals surface area contributed by atoms with E-state index in [1.54, 1.807) is 7.05 Å². The van der Waals surface area contributed by atoms with Gasteiger partial charge in [0.2, 0.25) is 0 Å². The Balaban J connectivity index is 1.32. The molecule has 172 valence electrons. The van der Waals surface area contributed by atoms with Gasteiger partial charge in [-0.15, -0.1) is 0 Å². The number of rotatable bonds is 4. The van der Waals surface area contributed by atoms with Crippen molar-refractivity contribution in [2.24, 2.45) is 4.99 Å². The predicted molar refractivity (Wildman–Crippen MR) is 124 cm³/mol. The van der Waals surface area contributed by atoms with Crippen molar-refractivity contribution in [1.29, 1.82) is 0 Å². The number of nitrogens with zero attached hydrogens (tertiary/aromatic N) is 6. The van der Waals surface area contributed by atoms with Gasteiger partial charge in [0.15, 0.2) is 5.96 Å². The minimum Gasteiger partial charge on any atom is -0.366 e. The molecule has 0 saturated carbocycles. The molecular formula is C23H31F2N7. The maximum atomic E-state index is 14.1. The summed E-state index contributed by atoms with van der Waals surface area (Å²) in [5, 5.41) is 3.44. The molecule has 1 aromatic carbocycles. The van der Waals surface area contributed by atoms with Crippen molar-refractivity contribution >= 4 is 17.5 Å². The average molecular weight is 444 g/mol. The molecule has 0 spiro atoms. The Morgan fingerprint density at radius 2 is 1.69 bits per heavy atom. The number of nitrogens with one attached hydrogen (secondary N) is 1. The summed E-state index contributed by atoms with van der Waals surface area (Å²) in [7, 11) is 3.91. The van der Waals surface area contributed by atoms with Crippen LogP contribution < -0.4 is 15.1 Å². The molecule has 3 heterocycles. The number of benzene rings is 1. The number of likely N-dealkylation sites (N-methyl/N-ethyl adjacent to an activating group) is 1. The Morgan fingerprint density at radius 1 is 0.969 bits per heavy atom. The number of aromatic nitrogens is 1. The Labute approximate surface area is 188 Å². The van der Waals surface area contributed by atoms with Crippen molar-refractivity contribution in [2.45, 2.75) is 6.54 Å². The van der Waals surface area contributed by atoms with E-state index in [4.69, 9.17) is 0 Å². The lowest BCUT2D eigenvalue weighted by Gasteiger charge is -2.37. The minimum absolute atomic E-state index is 0.320. The van der Waals surface area contributed by atoms with Gasteiger partial charge in [-0.3, -0.25) is 4.99 Å². The van der Waals surface area contributed by atoms with Gasteiger partial charge in [0.05, 0.1) is 5.69 Å². The van der Waals surface area contributed by atoms with Gasteiger partial charge in [-0.1, -0.05) is 0 Å². The fraction of sp³-hybridized carbons (Fsp3) is 0.478. The predicted octanol–water partition coefficient (Wildman–Crippen LogP) is 2.01. The number of pyridine rings is 1. The van der Waals surface area contributed by atoms with Crippen LogP contribution in [0.5, 0.6) is 0 Å². The third-order valence-electron chi connectivity index (χ3n) is 6.13. The SMILES string of the molecule is CN=C(NCc1ccnc(N2CCN(C)CC2)c1)N1CCN(c2cc(F)ccc2F)CC1. The van der Waals surface area contributed by atoms with Crippen LogP contribution in [-0.2, 0) is 6.54 Å². The highest BCUT2D eigenvalue weighted by Gasteiger charge is 2.22. The van der Waals surface area contributed by atoms with Gasteiger partial charge in [-0.2, -0.15) is 0 Å². The van der Waals surface area contributed by atoms with Gasteiger partial charge < -0.3 is 24.9 Å². The summed E-state index contributed by atoms with van der Waals surface area (Å²) < 4.78 is 27.6. The van der Waals surface area contributed by atoms with Crippen LogP contribution in [0.3, 0.4) is 0 Å². The van der Waals surface area contributed by atoms with Crippen molar-refractivity contribution in [3.8, 4) is 0 Å². The summed E-state index contributed by atoms with van der Waals surface area (Å²) in [6, 6.07) is 7.75. The second-order valence-electron chi connectivity index (χ2n) is 8.28. The Bertz CT molecular complexity index is 936. The van der Waals surface area contributed by atoms with Crippen molar-refractivity contribution in [2.75, 3.05) is 76.3 Å². The number of anilines is 2. The maximum Gasteiger partial charge on any atom is 0.194 e. The fourth-order valence-corrected chi connectivity index (χ4v) is 4.18. The number of piperazine rings is 2. The molecule has 0 amide bonds. The first-order chi connectivity index (χ1) is 15.5. The second-order valence-corrected chi connectivity index (χ2v) is 8.28. The van der Waals surface area contributed by atoms with Crippen molar-refractivity contribution in [3.63, 3.8) is 0 Å². The van der Waals surface area contributed by atoms with E-state index in [9.17, 15) is 8.78 Å². The zero-order valence-electron chi connectivity index (χ0n) is 18.8. The van der Waals surface area contributed by atoms with Crippen molar-refractivity contribution < 1.29 is 8.78 Å². The van der Waals surface area contributed by atoms with Gasteiger partial charge in [-0.25, -0.2) is 13.8 Å². The molecule has 4 rings (SSSR count). The molecule has 7 nitrogen and oxygen atoms in total. The fourth-order valence-electron chi connectivity index (χ4n) is 4.18. The average Bonchev–Trinajstić information content (AvgIpc) is 2.82. The first-order valence-electron chi connectivity index (χ1n) is 11.1. The van der Waals surface area contributed by atoms with E-state index in [0.717, 1.165) is 49.6 Å². The van der Waals surface area contributed by atoms with Crippen LogP contribution in [0.25, 0.3) is 0 Å². The van der Waals surface area contributed by atoms with E-state index in [-0.39, 0.29) is 0 Å². The van der Waals surface area contributed by atoms with Gasteiger partial charge in [-0.05, 0) is 36.9 Å². The van der Waals surface area contributed by atoms with Crippen LogP contribution in [0.2, 0.25) is 0 Å². The van der Waals surface area contributed by atoms with E-state index in [2.05, 4.69) is 43.1 Å². The first kappa shape index (κ1) is 22.3. The van der Waals surface area contributed by atoms with E-state index >= 15 is 0 Å². The maximum absolute atomic E-state index is 14.1. The quantitative estimate of drug-likeness (QED) is 0.576. The molecule has 0 bridgehead atoms. The lowest BCUT2D eigenvalue weighted by atomic mass is 10.2. The molecule has 2 fully saturated rings. The van der Waals surface area contributed by atoms with E-state index in [1.807, 2.05) is 17.2 Å². The van der Waals surface area contributed by atoms with Gasteiger partial charge in [0, 0.05) is 78.2 Å². The second kappa shape index (κ2) is 10.1. The topological polar surface area (TPSA) is 50.2 Å². The largest absolute Gasteiger partial charge is 0.366 e. The normalized spacial score (nSPS) is 18.2. The molecule has 0 radical (unpaired) electrons. The minimum atomic E-state index is -0.422. The van der Waals surface area contributed by atoms with Crippen LogP contribution in [0.1, 0.15) is 5.56 Å². The summed E-state index contributed by atoms with van der Waals surface area (Å²) >= 11 is 0. The number of guanidine groups is 1. The summed E-state index contributed by atoms with van der Waals surface area (Å²) in [6.45, 7) is 7.26. The number of hydrogen-bond donors (Lipinski definition) is 1. The number of hydrogen-bond acceptors (Lipinski definition) is 5.